The van der Waals surface area contributed by atoms with Gasteiger partial charge in [-0.05, 0) is 37.5 Å². The van der Waals surface area contributed by atoms with Crippen molar-refractivity contribution in [2.45, 2.75) is 31.8 Å². The molecular formula is C20H20N4O2. The Balaban J connectivity index is 1.49. The van der Waals surface area contributed by atoms with E-state index >= 15 is 0 Å². The van der Waals surface area contributed by atoms with E-state index in [4.69, 9.17) is 0 Å². The van der Waals surface area contributed by atoms with Gasteiger partial charge in [-0.1, -0.05) is 36.4 Å². The maximum Gasteiger partial charge on any atom is 0.325 e. The van der Waals surface area contributed by atoms with E-state index in [0.29, 0.717) is 12.1 Å². The number of nitrogens with zero attached hydrogens (tertiary/aromatic N) is 3. The van der Waals surface area contributed by atoms with Gasteiger partial charge in [-0.3, -0.25) is 9.69 Å². The van der Waals surface area contributed by atoms with Crippen molar-refractivity contribution in [3.8, 4) is 0 Å². The molecule has 2 aromatic heterocycles. The smallest absolute Gasteiger partial charge is 0.323 e. The minimum absolute atomic E-state index is 0.174. The summed E-state index contributed by atoms with van der Waals surface area (Å²) in [5.74, 6) is -0.199. The topological polar surface area (TPSA) is 66.7 Å². The maximum atomic E-state index is 12.9. The zero-order chi connectivity index (χ0) is 18.1. The van der Waals surface area contributed by atoms with Gasteiger partial charge in [0.1, 0.15) is 11.2 Å². The van der Waals surface area contributed by atoms with Crippen LogP contribution < -0.4 is 5.32 Å². The Morgan fingerprint density at radius 1 is 1.08 bits per heavy atom. The molecule has 1 saturated heterocycles. The second-order valence-electron chi connectivity index (χ2n) is 6.84. The lowest BCUT2D eigenvalue weighted by atomic mass is 9.93. The number of nitrogens with one attached hydrogen (secondary N) is 1. The average molecular weight is 348 g/mol. The van der Waals surface area contributed by atoms with Gasteiger partial charge in [-0.25, -0.2) is 9.78 Å². The molecule has 3 aromatic rings. The van der Waals surface area contributed by atoms with Crippen LogP contribution in [0.5, 0.6) is 0 Å². The highest BCUT2D eigenvalue weighted by Crippen LogP contribution is 2.24. The van der Waals surface area contributed by atoms with E-state index in [1.54, 1.807) is 6.92 Å². The molecule has 0 saturated carbocycles. The van der Waals surface area contributed by atoms with Crippen LogP contribution >= 0.6 is 0 Å². The minimum atomic E-state index is -0.883. The predicted molar refractivity (Wildman–Crippen MR) is 97.4 cm³/mol. The first kappa shape index (κ1) is 16.3. The van der Waals surface area contributed by atoms with Crippen molar-refractivity contribution < 1.29 is 9.59 Å². The van der Waals surface area contributed by atoms with E-state index in [1.807, 2.05) is 65.3 Å². The van der Waals surface area contributed by atoms with Crippen molar-refractivity contribution in [3.05, 3.63) is 72.2 Å². The number of pyridine rings is 1. The molecular weight excluding hydrogens is 328 g/mol. The van der Waals surface area contributed by atoms with Gasteiger partial charge in [0, 0.05) is 12.4 Å². The van der Waals surface area contributed by atoms with Crippen molar-refractivity contribution >= 4 is 17.6 Å². The van der Waals surface area contributed by atoms with Crippen LogP contribution in [0.4, 0.5) is 4.79 Å². The number of hydrogen-bond donors (Lipinski definition) is 1. The highest BCUT2D eigenvalue weighted by atomic mass is 16.2. The van der Waals surface area contributed by atoms with Gasteiger partial charge >= 0.3 is 6.03 Å². The zero-order valence-electron chi connectivity index (χ0n) is 14.6. The van der Waals surface area contributed by atoms with Crippen LogP contribution in [0.25, 0.3) is 5.65 Å². The van der Waals surface area contributed by atoms with E-state index < -0.39 is 5.54 Å². The highest BCUT2D eigenvalue weighted by molar-refractivity contribution is 6.06. The number of carbonyl (C=O) groups is 2. The highest BCUT2D eigenvalue weighted by Gasteiger charge is 2.47. The lowest BCUT2D eigenvalue weighted by Crippen LogP contribution is -2.44. The van der Waals surface area contributed by atoms with Gasteiger partial charge in [-0.2, -0.15) is 0 Å². The Labute approximate surface area is 151 Å². The Morgan fingerprint density at radius 3 is 2.62 bits per heavy atom. The third-order valence-electron chi connectivity index (χ3n) is 4.84. The minimum Gasteiger partial charge on any atom is -0.323 e. The summed E-state index contributed by atoms with van der Waals surface area (Å²) in [4.78, 5) is 31.0. The normalized spacial score (nSPS) is 20.0. The summed E-state index contributed by atoms with van der Waals surface area (Å²) in [6, 6.07) is 15.3. The number of aryl methyl sites for hydroxylation is 1. The fourth-order valence-electron chi connectivity index (χ4n) is 3.32. The fourth-order valence-corrected chi connectivity index (χ4v) is 3.32. The van der Waals surface area contributed by atoms with Crippen molar-refractivity contribution in [1.82, 2.24) is 19.6 Å². The van der Waals surface area contributed by atoms with Gasteiger partial charge in [0.05, 0.1) is 12.2 Å². The molecule has 0 unspecified atom stereocenters. The molecule has 4 rings (SSSR count). The molecule has 0 bridgehead atoms. The number of aromatic nitrogens is 2. The summed E-state index contributed by atoms with van der Waals surface area (Å²) < 4.78 is 1.88. The quantitative estimate of drug-likeness (QED) is 0.721. The Bertz CT molecular complexity index is 933. The van der Waals surface area contributed by atoms with Crippen LogP contribution in [-0.2, 0) is 17.8 Å². The summed E-state index contributed by atoms with van der Waals surface area (Å²) >= 11 is 0. The van der Waals surface area contributed by atoms with Gasteiger partial charge in [-0.15, -0.1) is 0 Å². The molecule has 0 spiro atoms. The van der Waals surface area contributed by atoms with Crippen LogP contribution in [0, 0.1) is 0 Å². The molecule has 1 fully saturated rings. The Kier molecular flexibility index (Phi) is 3.95. The zero-order valence-corrected chi connectivity index (χ0v) is 14.6. The predicted octanol–water partition coefficient (Wildman–Crippen LogP) is 2.78. The molecule has 1 aromatic carbocycles. The van der Waals surface area contributed by atoms with Crippen LogP contribution in [0.15, 0.2) is 60.9 Å². The summed E-state index contributed by atoms with van der Waals surface area (Å²) in [5.41, 5.74) is 1.74. The number of imide groups is 1. The third-order valence-corrected chi connectivity index (χ3v) is 4.84. The average Bonchev–Trinajstić information content (AvgIpc) is 3.15. The number of hydrogen-bond acceptors (Lipinski definition) is 3. The lowest BCUT2D eigenvalue weighted by Gasteiger charge is -2.21. The monoisotopic (exact) mass is 348 g/mol. The molecule has 0 radical (unpaired) electrons. The Morgan fingerprint density at radius 2 is 1.85 bits per heavy atom. The van der Waals surface area contributed by atoms with Crippen LogP contribution in [-0.4, -0.2) is 31.8 Å². The van der Waals surface area contributed by atoms with Gasteiger partial charge in [0.15, 0.2) is 0 Å². The number of rotatable bonds is 5. The van der Waals surface area contributed by atoms with E-state index in [9.17, 15) is 9.59 Å². The number of amides is 3. The van der Waals surface area contributed by atoms with Crippen molar-refractivity contribution in [3.63, 3.8) is 0 Å². The summed E-state index contributed by atoms with van der Waals surface area (Å²) in [7, 11) is 0. The van der Waals surface area contributed by atoms with Crippen LogP contribution in [0.3, 0.4) is 0 Å². The molecule has 0 aliphatic carbocycles. The molecule has 6 nitrogen and oxygen atoms in total. The summed E-state index contributed by atoms with van der Waals surface area (Å²) in [6.07, 6.45) is 5.02. The molecule has 6 heteroatoms. The molecule has 132 valence electrons. The SMILES string of the molecule is C[C@]1(CCc2ccccc2)NC(=O)N(Cc2cn3ccccc3n2)C1=O. The number of benzene rings is 1. The first-order valence-corrected chi connectivity index (χ1v) is 8.66. The van der Waals surface area contributed by atoms with E-state index in [1.165, 1.54) is 4.90 Å². The van der Waals surface area contributed by atoms with E-state index in [0.717, 1.165) is 17.6 Å². The second kappa shape index (κ2) is 6.29. The molecule has 26 heavy (non-hydrogen) atoms. The van der Waals surface area contributed by atoms with E-state index in [2.05, 4.69) is 10.3 Å². The lowest BCUT2D eigenvalue weighted by molar-refractivity contribution is -0.131. The molecule has 1 N–H and O–H groups in total. The van der Waals surface area contributed by atoms with Crippen LogP contribution in [0.2, 0.25) is 0 Å². The first-order valence-electron chi connectivity index (χ1n) is 8.66. The first-order chi connectivity index (χ1) is 12.5. The van der Waals surface area contributed by atoms with Crippen LogP contribution in [0.1, 0.15) is 24.6 Å². The van der Waals surface area contributed by atoms with Crippen molar-refractivity contribution in [2.24, 2.45) is 0 Å². The number of urea groups is 1. The van der Waals surface area contributed by atoms with Gasteiger partial charge < -0.3 is 9.72 Å². The second-order valence-corrected chi connectivity index (χ2v) is 6.84. The fraction of sp³-hybridized carbons (Fsp3) is 0.250. The number of imidazole rings is 1. The van der Waals surface area contributed by atoms with E-state index in [-0.39, 0.29) is 18.5 Å². The molecule has 1 atom stereocenters. The van der Waals surface area contributed by atoms with Crippen molar-refractivity contribution in [2.75, 3.05) is 0 Å². The van der Waals surface area contributed by atoms with Crippen molar-refractivity contribution in [1.29, 1.82) is 0 Å². The molecule has 3 heterocycles. The van der Waals surface area contributed by atoms with Gasteiger partial charge in [0.2, 0.25) is 0 Å². The third kappa shape index (κ3) is 2.94. The number of carbonyl (C=O) groups excluding carboxylic acids is 2. The number of fused-ring (bicyclic) bond motifs is 1. The van der Waals surface area contributed by atoms with Gasteiger partial charge in [0.25, 0.3) is 5.91 Å². The standard InChI is InChI=1S/C20H20N4O2/c1-20(11-10-15-7-3-2-4-8-15)18(25)24(19(26)22-20)14-16-13-23-12-6-5-9-17(23)21-16/h2-9,12-13H,10-11,14H2,1H3,(H,22,26)/t20-/m1/s1. The molecule has 1 aliphatic heterocycles. The maximum absolute atomic E-state index is 12.9. The summed E-state index contributed by atoms with van der Waals surface area (Å²) in [6.45, 7) is 1.97. The molecule has 3 amide bonds. The largest absolute Gasteiger partial charge is 0.325 e. The molecule has 1 aliphatic rings. The summed E-state index contributed by atoms with van der Waals surface area (Å²) in [5, 5.41) is 2.86. The Hall–Kier alpha value is -3.15.